The second-order valence-electron chi connectivity index (χ2n) is 5.14. The maximum absolute atomic E-state index is 6.06. The Morgan fingerprint density at radius 2 is 2.19 bits per heavy atom. The number of rotatable bonds is 1. The van der Waals surface area contributed by atoms with E-state index in [4.69, 9.17) is 11.6 Å². The van der Waals surface area contributed by atoms with Gasteiger partial charge in [-0.15, -0.1) is 0 Å². The summed E-state index contributed by atoms with van der Waals surface area (Å²) < 4.78 is 0. The monoisotopic (exact) mass is 238 g/mol. The van der Waals surface area contributed by atoms with Crippen LogP contribution in [0.4, 0.5) is 5.69 Å². The molecule has 1 heterocycles. The van der Waals surface area contributed by atoms with Crippen molar-refractivity contribution in [1.82, 2.24) is 5.32 Å². The summed E-state index contributed by atoms with van der Waals surface area (Å²) in [7, 11) is 0. The van der Waals surface area contributed by atoms with Gasteiger partial charge in [-0.2, -0.15) is 0 Å². The molecule has 2 nitrogen and oxygen atoms in total. The van der Waals surface area contributed by atoms with Crippen molar-refractivity contribution < 1.29 is 0 Å². The normalized spacial score (nSPS) is 24.5. The van der Waals surface area contributed by atoms with Gasteiger partial charge in [-0.3, -0.25) is 0 Å². The SMILES string of the molecule is CC1CNCC(C)(C)N1c1cccc(Cl)c1. The number of anilines is 1. The zero-order valence-electron chi connectivity index (χ0n) is 10.1. The summed E-state index contributed by atoms with van der Waals surface area (Å²) in [6.45, 7) is 8.79. The maximum atomic E-state index is 6.06. The molecular weight excluding hydrogens is 220 g/mol. The van der Waals surface area contributed by atoms with E-state index in [9.17, 15) is 0 Å². The van der Waals surface area contributed by atoms with Crippen LogP contribution in [-0.4, -0.2) is 24.7 Å². The molecule has 1 atom stereocenters. The van der Waals surface area contributed by atoms with Crippen molar-refractivity contribution in [2.24, 2.45) is 0 Å². The molecule has 3 heteroatoms. The second-order valence-corrected chi connectivity index (χ2v) is 5.58. The van der Waals surface area contributed by atoms with Gasteiger partial charge in [0.25, 0.3) is 0 Å². The fourth-order valence-electron chi connectivity index (χ4n) is 2.59. The maximum Gasteiger partial charge on any atom is 0.0473 e. The highest BCUT2D eigenvalue weighted by molar-refractivity contribution is 6.30. The first-order valence-corrected chi connectivity index (χ1v) is 6.14. The predicted molar refractivity (Wildman–Crippen MR) is 70.3 cm³/mol. The van der Waals surface area contributed by atoms with Crippen LogP contribution >= 0.6 is 11.6 Å². The molecule has 0 bridgehead atoms. The second kappa shape index (κ2) is 4.27. The number of hydrogen-bond donors (Lipinski definition) is 1. The van der Waals surface area contributed by atoms with Gasteiger partial charge in [-0.25, -0.2) is 0 Å². The van der Waals surface area contributed by atoms with Crippen LogP contribution in [0.15, 0.2) is 24.3 Å². The lowest BCUT2D eigenvalue weighted by atomic mass is 9.95. The third-order valence-corrected chi connectivity index (χ3v) is 3.41. The standard InChI is InChI=1S/C13H19ClN2/c1-10-8-15-9-13(2,3)16(10)12-6-4-5-11(14)7-12/h4-7,10,15H,8-9H2,1-3H3. The van der Waals surface area contributed by atoms with Crippen molar-refractivity contribution in [3.63, 3.8) is 0 Å². The molecule has 88 valence electrons. The fourth-order valence-corrected chi connectivity index (χ4v) is 2.77. The van der Waals surface area contributed by atoms with Crippen molar-refractivity contribution in [3.05, 3.63) is 29.3 Å². The predicted octanol–water partition coefficient (Wildman–Crippen LogP) is 2.92. The van der Waals surface area contributed by atoms with Crippen molar-refractivity contribution in [3.8, 4) is 0 Å². The molecule has 16 heavy (non-hydrogen) atoms. The number of piperazine rings is 1. The van der Waals surface area contributed by atoms with Gasteiger partial charge in [0.05, 0.1) is 0 Å². The molecule has 1 fully saturated rings. The molecule has 1 aromatic rings. The minimum absolute atomic E-state index is 0.127. The summed E-state index contributed by atoms with van der Waals surface area (Å²) in [6, 6.07) is 8.61. The molecule has 1 aromatic carbocycles. The molecular formula is C13H19ClN2. The number of nitrogens with one attached hydrogen (secondary N) is 1. The van der Waals surface area contributed by atoms with E-state index in [0.717, 1.165) is 18.1 Å². The van der Waals surface area contributed by atoms with Gasteiger partial charge in [0.15, 0.2) is 0 Å². The van der Waals surface area contributed by atoms with Crippen molar-refractivity contribution in [2.75, 3.05) is 18.0 Å². The van der Waals surface area contributed by atoms with Crippen LogP contribution < -0.4 is 10.2 Å². The van der Waals surface area contributed by atoms with Crippen LogP contribution in [0.1, 0.15) is 20.8 Å². The van der Waals surface area contributed by atoms with E-state index >= 15 is 0 Å². The number of benzene rings is 1. The molecule has 1 unspecified atom stereocenters. The van der Waals surface area contributed by atoms with E-state index in [1.807, 2.05) is 18.2 Å². The smallest absolute Gasteiger partial charge is 0.0473 e. The molecule has 0 saturated carbocycles. The Balaban J connectivity index is 2.36. The summed E-state index contributed by atoms with van der Waals surface area (Å²) in [5, 5.41) is 4.27. The molecule has 0 spiro atoms. The molecule has 0 radical (unpaired) electrons. The van der Waals surface area contributed by atoms with E-state index in [-0.39, 0.29) is 5.54 Å². The minimum Gasteiger partial charge on any atom is -0.361 e. The van der Waals surface area contributed by atoms with Crippen molar-refractivity contribution in [2.45, 2.75) is 32.4 Å². The Bertz CT molecular complexity index is 376. The Kier molecular flexibility index (Phi) is 3.13. The molecule has 1 aliphatic rings. The topological polar surface area (TPSA) is 15.3 Å². The van der Waals surface area contributed by atoms with E-state index in [1.165, 1.54) is 5.69 Å². The van der Waals surface area contributed by atoms with Crippen LogP contribution in [0.3, 0.4) is 0 Å². The molecule has 1 N–H and O–H groups in total. The van der Waals surface area contributed by atoms with Crippen LogP contribution in [0.25, 0.3) is 0 Å². The average molecular weight is 239 g/mol. The summed E-state index contributed by atoms with van der Waals surface area (Å²) >= 11 is 6.06. The molecule has 2 rings (SSSR count). The number of halogens is 1. The minimum atomic E-state index is 0.127. The first-order chi connectivity index (χ1) is 7.50. The van der Waals surface area contributed by atoms with Gasteiger partial charge in [-0.05, 0) is 39.0 Å². The fraction of sp³-hybridized carbons (Fsp3) is 0.538. The van der Waals surface area contributed by atoms with E-state index in [1.54, 1.807) is 0 Å². The highest BCUT2D eigenvalue weighted by Crippen LogP contribution is 2.30. The highest BCUT2D eigenvalue weighted by atomic mass is 35.5. The lowest BCUT2D eigenvalue weighted by molar-refractivity contribution is 0.334. The molecule has 0 amide bonds. The van der Waals surface area contributed by atoms with Gasteiger partial charge < -0.3 is 10.2 Å². The first-order valence-electron chi connectivity index (χ1n) is 5.76. The highest BCUT2D eigenvalue weighted by Gasteiger charge is 2.34. The third-order valence-electron chi connectivity index (χ3n) is 3.18. The summed E-state index contributed by atoms with van der Waals surface area (Å²) in [4.78, 5) is 2.45. The van der Waals surface area contributed by atoms with Gasteiger partial charge >= 0.3 is 0 Å². The van der Waals surface area contributed by atoms with Gasteiger partial charge in [-0.1, -0.05) is 17.7 Å². The quantitative estimate of drug-likeness (QED) is 0.810. The van der Waals surface area contributed by atoms with Crippen molar-refractivity contribution in [1.29, 1.82) is 0 Å². The molecule has 0 aromatic heterocycles. The number of hydrogen-bond acceptors (Lipinski definition) is 2. The number of nitrogens with zero attached hydrogens (tertiary/aromatic N) is 1. The molecule has 0 aliphatic carbocycles. The van der Waals surface area contributed by atoms with E-state index in [2.05, 4.69) is 37.1 Å². The van der Waals surface area contributed by atoms with Crippen LogP contribution in [0.5, 0.6) is 0 Å². The van der Waals surface area contributed by atoms with Crippen LogP contribution in [0.2, 0.25) is 5.02 Å². The van der Waals surface area contributed by atoms with E-state index < -0.39 is 0 Å². The largest absolute Gasteiger partial charge is 0.361 e. The Labute approximate surface area is 103 Å². The lowest BCUT2D eigenvalue weighted by Gasteiger charge is -2.48. The lowest BCUT2D eigenvalue weighted by Crippen LogP contribution is -2.62. The van der Waals surface area contributed by atoms with Crippen LogP contribution in [0, 0.1) is 0 Å². The summed E-state index contributed by atoms with van der Waals surface area (Å²) in [5.74, 6) is 0. The van der Waals surface area contributed by atoms with Crippen LogP contribution in [-0.2, 0) is 0 Å². The third kappa shape index (κ3) is 2.18. The van der Waals surface area contributed by atoms with Gasteiger partial charge in [0.1, 0.15) is 0 Å². The average Bonchev–Trinajstić information content (AvgIpc) is 2.15. The first kappa shape index (κ1) is 11.7. The zero-order valence-corrected chi connectivity index (χ0v) is 10.9. The van der Waals surface area contributed by atoms with Gasteiger partial charge in [0.2, 0.25) is 0 Å². The van der Waals surface area contributed by atoms with Crippen molar-refractivity contribution >= 4 is 17.3 Å². The Morgan fingerprint density at radius 3 is 2.81 bits per heavy atom. The van der Waals surface area contributed by atoms with E-state index in [0.29, 0.717) is 6.04 Å². The zero-order chi connectivity index (χ0) is 11.8. The Hall–Kier alpha value is -0.730. The Morgan fingerprint density at radius 1 is 1.44 bits per heavy atom. The molecule has 1 aliphatic heterocycles. The summed E-state index contributed by atoms with van der Waals surface area (Å²) in [6.07, 6.45) is 0. The van der Waals surface area contributed by atoms with Gasteiger partial charge in [0, 0.05) is 35.4 Å². The molecule has 1 saturated heterocycles. The summed E-state index contributed by atoms with van der Waals surface area (Å²) in [5.41, 5.74) is 1.34.